The first kappa shape index (κ1) is 16.4. The van der Waals surface area contributed by atoms with Crippen LogP contribution in [0.1, 0.15) is 44.9 Å². The number of carbonyl (C=O) groups excluding carboxylic acids is 1. The molecule has 7 nitrogen and oxygen atoms in total. The van der Waals surface area contributed by atoms with Gasteiger partial charge in [-0.3, -0.25) is 4.79 Å². The molecular weight excluding hydrogens is 316 g/mol. The van der Waals surface area contributed by atoms with E-state index in [1.807, 2.05) is 4.90 Å². The molecule has 23 heavy (non-hydrogen) atoms. The van der Waals surface area contributed by atoms with Gasteiger partial charge in [0, 0.05) is 26.6 Å². The number of amides is 1. The molecule has 1 amide bonds. The largest absolute Gasteiger partial charge is 0.343 e. The Kier molecular flexibility index (Phi) is 4.70. The van der Waals surface area contributed by atoms with E-state index in [0.29, 0.717) is 38.3 Å². The van der Waals surface area contributed by atoms with E-state index < -0.39 is 15.1 Å². The van der Waals surface area contributed by atoms with E-state index in [9.17, 15) is 13.2 Å². The summed E-state index contributed by atoms with van der Waals surface area (Å²) in [6, 6.07) is 0. The molecule has 2 aliphatic rings. The number of carbonyl (C=O) groups is 1. The summed E-state index contributed by atoms with van der Waals surface area (Å²) in [5.41, 5.74) is 0. The maximum Gasteiger partial charge on any atom is 0.249 e. The zero-order chi connectivity index (χ0) is 16.4. The van der Waals surface area contributed by atoms with Crippen LogP contribution < -0.4 is 0 Å². The minimum Gasteiger partial charge on any atom is -0.343 e. The number of aryl methyl sites for hydroxylation is 1. The van der Waals surface area contributed by atoms with Gasteiger partial charge < -0.3 is 9.47 Å². The summed E-state index contributed by atoms with van der Waals surface area (Å²) in [7, 11) is -1.84. The predicted octanol–water partition coefficient (Wildman–Crippen LogP) is 1.16. The molecule has 3 rings (SSSR count). The van der Waals surface area contributed by atoms with Gasteiger partial charge in [-0.15, -0.1) is 10.2 Å². The highest BCUT2D eigenvalue weighted by atomic mass is 32.2. The number of rotatable bonds is 4. The van der Waals surface area contributed by atoms with Crippen molar-refractivity contribution in [2.24, 2.45) is 13.0 Å². The lowest BCUT2D eigenvalue weighted by Crippen LogP contribution is -2.43. The van der Waals surface area contributed by atoms with Crippen molar-refractivity contribution < 1.29 is 13.2 Å². The molecule has 0 atom stereocenters. The Morgan fingerprint density at radius 1 is 1.22 bits per heavy atom. The molecule has 2 heterocycles. The summed E-state index contributed by atoms with van der Waals surface area (Å²) >= 11 is 0. The third-order valence-corrected chi connectivity index (χ3v) is 7.32. The zero-order valence-electron chi connectivity index (χ0n) is 13.5. The van der Waals surface area contributed by atoms with Crippen molar-refractivity contribution in [3.63, 3.8) is 0 Å². The van der Waals surface area contributed by atoms with E-state index >= 15 is 0 Å². The van der Waals surface area contributed by atoms with Crippen molar-refractivity contribution in [3.8, 4) is 0 Å². The summed E-state index contributed by atoms with van der Waals surface area (Å²) < 4.78 is 26.6. The lowest BCUT2D eigenvalue weighted by molar-refractivity contribution is -0.133. The Morgan fingerprint density at radius 3 is 2.43 bits per heavy atom. The van der Waals surface area contributed by atoms with E-state index in [1.54, 1.807) is 7.05 Å². The van der Waals surface area contributed by atoms with Crippen LogP contribution in [0.25, 0.3) is 0 Å². The first-order valence-electron chi connectivity index (χ1n) is 8.34. The van der Waals surface area contributed by atoms with Gasteiger partial charge in [0.2, 0.25) is 20.9 Å². The van der Waals surface area contributed by atoms with Gasteiger partial charge in [-0.25, -0.2) is 8.42 Å². The van der Waals surface area contributed by atoms with E-state index in [0.717, 1.165) is 12.8 Å². The first-order chi connectivity index (χ1) is 11.0. The highest BCUT2D eigenvalue weighted by molar-refractivity contribution is 7.91. The van der Waals surface area contributed by atoms with Crippen molar-refractivity contribution in [1.29, 1.82) is 0 Å². The third kappa shape index (κ3) is 3.41. The third-order valence-electron chi connectivity index (χ3n) is 5.10. The monoisotopic (exact) mass is 340 g/mol. The van der Waals surface area contributed by atoms with Crippen LogP contribution in [0.5, 0.6) is 0 Å². The number of hydrogen-bond acceptors (Lipinski definition) is 5. The molecule has 0 spiro atoms. The fourth-order valence-corrected chi connectivity index (χ4v) is 5.42. The van der Waals surface area contributed by atoms with Crippen molar-refractivity contribution >= 4 is 15.7 Å². The minimum absolute atomic E-state index is 0.0215. The molecule has 0 radical (unpaired) electrons. The Hall–Kier alpha value is -1.44. The Bertz CT molecular complexity index is 656. The number of nitrogens with zero attached hydrogens (tertiary/aromatic N) is 4. The molecule has 1 saturated carbocycles. The Morgan fingerprint density at radius 2 is 1.87 bits per heavy atom. The van der Waals surface area contributed by atoms with Crippen molar-refractivity contribution in [2.45, 2.75) is 55.4 Å². The second kappa shape index (κ2) is 6.59. The van der Waals surface area contributed by atoms with Crippen LogP contribution >= 0.6 is 0 Å². The van der Waals surface area contributed by atoms with Crippen LogP contribution in [-0.4, -0.2) is 52.3 Å². The fraction of sp³-hybridized carbons (Fsp3) is 0.800. The molecule has 0 unspecified atom stereocenters. The van der Waals surface area contributed by atoms with E-state index in [4.69, 9.17) is 0 Å². The lowest BCUT2D eigenvalue weighted by atomic mass is 10.0. The van der Waals surface area contributed by atoms with Gasteiger partial charge in [0.05, 0.1) is 5.25 Å². The van der Waals surface area contributed by atoms with Crippen LogP contribution in [0.3, 0.4) is 0 Å². The van der Waals surface area contributed by atoms with Crippen molar-refractivity contribution in [2.75, 3.05) is 13.1 Å². The molecule has 0 aromatic carbocycles. The first-order valence-corrected chi connectivity index (χ1v) is 9.89. The average molecular weight is 340 g/mol. The fourth-order valence-electron chi connectivity index (χ4n) is 3.69. The van der Waals surface area contributed by atoms with Crippen LogP contribution in [0.2, 0.25) is 0 Å². The molecule has 0 N–H and O–H groups in total. The minimum atomic E-state index is -3.47. The highest BCUT2D eigenvalue weighted by Crippen LogP contribution is 2.29. The van der Waals surface area contributed by atoms with Gasteiger partial charge in [0.25, 0.3) is 0 Å². The number of likely N-dealkylation sites (tertiary alicyclic amines) is 1. The smallest absolute Gasteiger partial charge is 0.249 e. The maximum atomic E-state index is 12.6. The number of hydrogen-bond donors (Lipinski definition) is 0. The van der Waals surface area contributed by atoms with Gasteiger partial charge >= 0.3 is 0 Å². The number of aromatic nitrogens is 3. The second-order valence-electron chi connectivity index (χ2n) is 6.70. The van der Waals surface area contributed by atoms with E-state index in [2.05, 4.69) is 10.2 Å². The molecular formula is C15H24N4O3S. The average Bonchev–Trinajstić information content (AvgIpc) is 3.19. The van der Waals surface area contributed by atoms with E-state index in [-0.39, 0.29) is 11.1 Å². The van der Waals surface area contributed by atoms with Crippen LogP contribution in [0.4, 0.5) is 0 Å². The number of sulfone groups is 1. The normalized spacial score (nSPS) is 21.0. The van der Waals surface area contributed by atoms with Crippen molar-refractivity contribution in [1.82, 2.24) is 19.7 Å². The highest BCUT2D eigenvalue weighted by Gasteiger charge is 2.35. The molecule has 8 heteroatoms. The molecule has 1 aromatic rings. The van der Waals surface area contributed by atoms with Gasteiger partial charge in [0.15, 0.2) is 0 Å². The quantitative estimate of drug-likeness (QED) is 0.821. The van der Waals surface area contributed by atoms with Gasteiger partial charge in [-0.05, 0) is 31.6 Å². The molecule has 1 aliphatic carbocycles. The Balaban J connectivity index is 1.58. The molecule has 2 fully saturated rings. The van der Waals surface area contributed by atoms with Crippen LogP contribution in [0.15, 0.2) is 11.5 Å². The summed E-state index contributed by atoms with van der Waals surface area (Å²) in [6.45, 7) is 1.04. The zero-order valence-corrected chi connectivity index (χ0v) is 14.3. The molecule has 1 aromatic heterocycles. The molecule has 1 aliphatic heterocycles. The van der Waals surface area contributed by atoms with E-state index in [1.165, 1.54) is 23.7 Å². The standard InChI is InChI=1S/C15H24N4O3S/c1-18-11-16-17-15(18)23(21,22)13-6-8-19(9-7-13)14(20)10-12-4-2-3-5-12/h11-13H,2-10H2,1H3. The molecule has 0 bridgehead atoms. The maximum absolute atomic E-state index is 12.6. The SMILES string of the molecule is Cn1cnnc1S(=O)(=O)C1CCN(C(=O)CC2CCCC2)CC1. The second-order valence-corrected chi connectivity index (χ2v) is 8.83. The predicted molar refractivity (Wildman–Crippen MR) is 84.4 cm³/mol. The Labute approximate surface area is 137 Å². The summed E-state index contributed by atoms with van der Waals surface area (Å²) in [5, 5.41) is 6.93. The summed E-state index contributed by atoms with van der Waals surface area (Å²) in [5.74, 6) is 0.717. The lowest BCUT2D eigenvalue weighted by Gasteiger charge is -2.32. The van der Waals surface area contributed by atoms with Gasteiger partial charge in [0.1, 0.15) is 6.33 Å². The molecule has 1 saturated heterocycles. The summed E-state index contributed by atoms with van der Waals surface area (Å²) in [6.07, 6.45) is 7.75. The van der Waals surface area contributed by atoms with Crippen molar-refractivity contribution in [3.05, 3.63) is 6.33 Å². The van der Waals surface area contributed by atoms with Crippen LogP contribution in [-0.2, 0) is 21.7 Å². The molecule has 128 valence electrons. The van der Waals surface area contributed by atoms with Gasteiger partial charge in [-0.1, -0.05) is 12.8 Å². The topological polar surface area (TPSA) is 85.2 Å². The summed E-state index contributed by atoms with van der Waals surface area (Å²) in [4.78, 5) is 14.2. The number of piperidine rings is 1. The van der Waals surface area contributed by atoms with Gasteiger partial charge in [-0.2, -0.15) is 0 Å². The van der Waals surface area contributed by atoms with Crippen LogP contribution in [0, 0.1) is 5.92 Å².